The molecule has 0 amide bonds. The van der Waals surface area contributed by atoms with Crippen LogP contribution in [0.5, 0.6) is 0 Å². The molecule has 0 aliphatic carbocycles. The van der Waals surface area contributed by atoms with Crippen LogP contribution in [-0.4, -0.2) is 18.9 Å². The first kappa shape index (κ1) is 28.8. The largest absolute Gasteiger partial charge is 0.309 e. The van der Waals surface area contributed by atoms with Crippen LogP contribution < -0.4 is 0 Å². The number of rotatable bonds is 4. The zero-order valence-corrected chi connectivity index (χ0v) is 28.1. The summed E-state index contributed by atoms with van der Waals surface area (Å²) < 4.78 is 4.66. The Morgan fingerprint density at radius 1 is 0.365 bits per heavy atom. The summed E-state index contributed by atoms with van der Waals surface area (Å²) in [7, 11) is 0. The number of aromatic nitrogens is 4. The normalized spacial score (nSPS) is 11.8. The van der Waals surface area contributed by atoms with Gasteiger partial charge in [-0.3, -0.25) is 4.40 Å². The third-order valence-corrected chi connectivity index (χ3v) is 10.5. The van der Waals surface area contributed by atoms with E-state index in [4.69, 9.17) is 9.97 Å². The SMILES string of the molecule is c1ccc(-c2nc(-c3ccc(-n4c5ccc6ccccc6c5c5c6ccccc6ccc54)cc3)n3c(-c4ccccc4)c4ccccc4c3n2)cc1. The van der Waals surface area contributed by atoms with Gasteiger partial charge in [0.2, 0.25) is 0 Å². The molecule has 0 bridgehead atoms. The van der Waals surface area contributed by atoms with Crippen molar-refractivity contribution in [1.29, 1.82) is 0 Å². The molecule has 0 saturated carbocycles. The van der Waals surface area contributed by atoms with Crippen molar-refractivity contribution in [3.8, 4) is 39.7 Å². The Morgan fingerprint density at radius 3 is 1.50 bits per heavy atom. The minimum atomic E-state index is 0.705. The summed E-state index contributed by atoms with van der Waals surface area (Å²) in [5.41, 5.74) is 8.59. The fourth-order valence-electron chi connectivity index (χ4n) is 8.20. The van der Waals surface area contributed by atoms with Crippen molar-refractivity contribution >= 4 is 59.8 Å². The Hall–Kier alpha value is -7.04. The van der Waals surface area contributed by atoms with E-state index in [9.17, 15) is 0 Å². The van der Waals surface area contributed by atoms with E-state index in [0.29, 0.717) is 5.82 Å². The van der Waals surface area contributed by atoms with Crippen molar-refractivity contribution in [3.63, 3.8) is 0 Å². The molecule has 3 aromatic heterocycles. The summed E-state index contributed by atoms with van der Waals surface area (Å²) in [6.45, 7) is 0. The molecule has 4 nitrogen and oxygen atoms in total. The van der Waals surface area contributed by atoms with E-state index >= 15 is 0 Å². The van der Waals surface area contributed by atoms with Gasteiger partial charge >= 0.3 is 0 Å². The first-order chi connectivity index (χ1) is 25.8. The Kier molecular flexibility index (Phi) is 6.22. The van der Waals surface area contributed by atoms with Gasteiger partial charge in [0, 0.05) is 38.4 Å². The predicted octanol–water partition coefficient (Wildman–Crippen LogP) is 12.3. The Bertz CT molecular complexity index is 3060. The van der Waals surface area contributed by atoms with Crippen LogP contribution in [-0.2, 0) is 0 Å². The molecular formula is C48H30N4. The number of hydrogen-bond donors (Lipinski definition) is 0. The molecule has 0 atom stereocenters. The molecule has 8 aromatic carbocycles. The molecule has 0 unspecified atom stereocenters. The molecular weight excluding hydrogens is 633 g/mol. The molecule has 11 rings (SSSR count). The van der Waals surface area contributed by atoms with Crippen molar-refractivity contribution in [2.24, 2.45) is 0 Å². The summed E-state index contributed by atoms with van der Waals surface area (Å²) in [4.78, 5) is 10.6. The summed E-state index contributed by atoms with van der Waals surface area (Å²) in [6.07, 6.45) is 0. The fraction of sp³-hybridized carbons (Fsp3) is 0. The summed E-state index contributed by atoms with van der Waals surface area (Å²) in [5, 5.41) is 9.83. The van der Waals surface area contributed by atoms with Crippen molar-refractivity contribution in [1.82, 2.24) is 18.9 Å². The second kappa shape index (κ2) is 11.2. The number of hydrogen-bond acceptors (Lipinski definition) is 2. The van der Waals surface area contributed by atoms with Gasteiger partial charge in [0.05, 0.1) is 16.7 Å². The van der Waals surface area contributed by atoms with Gasteiger partial charge in [-0.05, 0) is 63.5 Å². The smallest absolute Gasteiger partial charge is 0.163 e. The maximum absolute atomic E-state index is 5.33. The first-order valence-corrected chi connectivity index (χ1v) is 17.7. The van der Waals surface area contributed by atoms with Crippen LogP contribution >= 0.6 is 0 Å². The summed E-state index contributed by atoms with van der Waals surface area (Å²) in [6, 6.07) is 64.8. The molecule has 0 fully saturated rings. The van der Waals surface area contributed by atoms with Crippen molar-refractivity contribution in [2.45, 2.75) is 0 Å². The zero-order valence-electron chi connectivity index (χ0n) is 28.1. The fourth-order valence-corrected chi connectivity index (χ4v) is 8.20. The van der Waals surface area contributed by atoms with Crippen molar-refractivity contribution in [2.75, 3.05) is 0 Å². The average molecular weight is 663 g/mol. The van der Waals surface area contributed by atoms with E-state index in [1.165, 1.54) is 43.4 Å². The molecule has 11 aromatic rings. The van der Waals surface area contributed by atoms with Crippen LogP contribution in [0.25, 0.3) is 99.5 Å². The molecule has 0 aliphatic heterocycles. The third kappa shape index (κ3) is 4.21. The minimum absolute atomic E-state index is 0.705. The quantitative estimate of drug-likeness (QED) is 0.188. The molecule has 0 aliphatic rings. The van der Waals surface area contributed by atoms with Crippen LogP contribution in [0.3, 0.4) is 0 Å². The van der Waals surface area contributed by atoms with Gasteiger partial charge < -0.3 is 4.57 Å². The van der Waals surface area contributed by atoms with E-state index in [2.05, 4.69) is 173 Å². The van der Waals surface area contributed by atoms with Gasteiger partial charge in [0.15, 0.2) is 5.82 Å². The highest BCUT2D eigenvalue weighted by Gasteiger charge is 2.22. The van der Waals surface area contributed by atoms with Crippen LogP contribution in [0.1, 0.15) is 0 Å². The standard InChI is InChI=1S/C48H30N4/c1-3-15-33(16-4-1)45-39-21-11-12-22-40(39)48-50-46(34-17-5-2-6-18-34)49-47(52(45)48)35-23-27-36(28-24-35)51-41-29-25-31-13-7-9-19-37(31)43(41)44-38-20-10-8-14-32(38)26-30-42(44)51/h1-30H. The maximum atomic E-state index is 5.33. The lowest BCUT2D eigenvalue weighted by molar-refractivity contribution is 1.05. The number of benzene rings is 8. The highest BCUT2D eigenvalue weighted by atomic mass is 15.1. The molecule has 0 radical (unpaired) electrons. The van der Waals surface area contributed by atoms with Gasteiger partial charge in [0.1, 0.15) is 11.5 Å². The minimum Gasteiger partial charge on any atom is -0.309 e. The lowest BCUT2D eigenvalue weighted by Gasteiger charge is -2.13. The Labute approximate surface area is 299 Å². The van der Waals surface area contributed by atoms with Crippen LogP contribution in [0.15, 0.2) is 182 Å². The second-order valence-electron chi connectivity index (χ2n) is 13.4. The molecule has 52 heavy (non-hydrogen) atoms. The molecule has 0 N–H and O–H groups in total. The number of nitrogens with zero attached hydrogens (tertiary/aromatic N) is 4. The zero-order chi connectivity index (χ0) is 34.2. The molecule has 4 heteroatoms. The van der Waals surface area contributed by atoms with Crippen LogP contribution in [0.2, 0.25) is 0 Å². The lowest BCUT2D eigenvalue weighted by Crippen LogP contribution is -2.03. The van der Waals surface area contributed by atoms with Crippen molar-refractivity contribution < 1.29 is 0 Å². The maximum Gasteiger partial charge on any atom is 0.163 e. The third-order valence-electron chi connectivity index (χ3n) is 10.5. The molecule has 3 heterocycles. The predicted molar refractivity (Wildman–Crippen MR) is 216 cm³/mol. The summed E-state index contributed by atoms with van der Waals surface area (Å²) >= 11 is 0. The van der Waals surface area contributed by atoms with E-state index in [1.54, 1.807) is 0 Å². The van der Waals surface area contributed by atoms with E-state index in [1.807, 2.05) is 18.2 Å². The van der Waals surface area contributed by atoms with Crippen LogP contribution in [0.4, 0.5) is 0 Å². The molecule has 0 spiro atoms. The van der Waals surface area contributed by atoms with Gasteiger partial charge in [0.25, 0.3) is 0 Å². The summed E-state index contributed by atoms with van der Waals surface area (Å²) in [5.74, 6) is 1.56. The van der Waals surface area contributed by atoms with Gasteiger partial charge in [-0.25, -0.2) is 9.97 Å². The Morgan fingerprint density at radius 2 is 0.885 bits per heavy atom. The van der Waals surface area contributed by atoms with Crippen LogP contribution in [0, 0.1) is 0 Å². The average Bonchev–Trinajstić information content (AvgIpc) is 3.75. The van der Waals surface area contributed by atoms with Gasteiger partial charge in [-0.15, -0.1) is 0 Å². The van der Waals surface area contributed by atoms with Gasteiger partial charge in [-0.2, -0.15) is 0 Å². The monoisotopic (exact) mass is 662 g/mol. The van der Waals surface area contributed by atoms with E-state index < -0.39 is 0 Å². The second-order valence-corrected chi connectivity index (χ2v) is 13.4. The van der Waals surface area contributed by atoms with E-state index in [0.717, 1.165) is 50.3 Å². The van der Waals surface area contributed by atoms with Crippen molar-refractivity contribution in [3.05, 3.63) is 182 Å². The lowest BCUT2D eigenvalue weighted by atomic mass is 10.00. The molecule has 0 saturated heterocycles. The molecule has 242 valence electrons. The van der Waals surface area contributed by atoms with E-state index in [-0.39, 0.29) is 0 Å². The Balaban J connectivity index is 1.19. The van der Waals surface area contributed by atoms with Gasteiger partial charge in [-0.1, -0.05) is 146 Å². The highest BCUT2D eigenvalue weighted by Crippen LogP contribution is 2.41. The first-order valence-electron chi connectivity index (χ1n) is 17.7. The topological polar surface area (TPSA) is 35.1 Å². The highest BCUT2D eigenvalue weighted by molar-refractivity contribution is 6.28. The number of fused-ring (bicyclic) bond motifs is 10.